The minimum atomic E-state index is -0.587. The Morgan fingerprint density at radius 2 is 1.21 bits per heavy atom. The second-order valence-corrected chi connectivity index (χ2v) is 10.7. The van der Waals surface area contributed by atoms with E-state index in [9.17, 15) is 14.4 Å². The molecule has 0 fully saturated rings. The molecule has 5 aromatic rings. The maximum atomic E-state index is 13.1. The number of carbonyl (C=O) groups excluding carboxylic acids is 3. The van der Waals surface area contributed by atoms with Crippen molar-refractivity contribution in [3.8, 4) is 22.8 Å². The molecule has 8 heteroatoms. The number of rotatable bonds is 15. The summed E-state index contributed by atoms with van der Waals surface area (Å²) in [6.45, 7) is 0.467. The second kappa shape index (κ2) is 17.1. The largest absolute Gasteiger partial charge is 0.466 e. The molecule has 0 N–H and O–H groups in total. The predicted molar refractivity (Wildman–Crippen MR) is 176 cm³/mol. The number of aryl methyl sites for hydroxylation is 1. The highest BCUT2D eigenvalue weighted by Gasteiger charge is 2.30. The lowest BCUT2D eigenvalue weighted by Crippen LogP contribution is -2.47. The lowest BCUT2D eigenvalue weighted by atomic mass is 10.1. The van der Waals surface area contributed by atoms with Gasteiger partial charge in [-0.25, -0.2) is 4.79 Å². The maximum Gasteiger partial charge on any atom is 0.429 e. The normalized spacial score (nSPS) is 10.6. The zero-order valence-electron chi connectivity index (χ0n) is 26.0. The smallest absolute Gasteiger partial charge is 0.429 e. The number of nitrogens with zero attached hydrogens (tertiary/aromatic N) is 1. The molecule has 0 atom stereocenters. The summed E-state index contributed by atoms with van der Waals surface area (Å²) in [6.07, 6.45) is 3.61. The molecule has 0 aliphatic rings. The van der Waals surface area contributed by atoms with Gasteiger partial charge in [0.05, 0.1) is 36.0 Å². The van der Waals surface area contributed by atoms with Gasteiger partial charge in [-0.3, -0.25) is 9.59 Å². The van der Waals surface area contributed by atoms with E-state index in [1.165, 1.54) is 10.9 Å². The third-order valence-corrected chi connectivity index (χ3v) is 7.19. The predicted octanol–water partition coefficient (Wildman–Crippen LogP) is 6.39. The molecule has 0 bridgehead atoms. The summed E-state index contributed by atoms with van der Waals surface area (Å²) in [5, 5.41) is 0. The van der Waals surface area contributed by atoms with Crippen LogP contribution in [0.2, 0.25) is 0 Å². The van der Waals surface area contributed by atoms with Crippen LogP contribution in [-0.4, -0.2) is 31.1 Å². The van der Waals surface area contributed by atoms with Crippen LogP contribution in [0.1, 0.15) is 40.7 Å². The number of hydrogen-bond donors (Lipinski definition) is 0. The van der Waals surface area contributed by atoms with Crippen LogP contribution in [0.3, 0.4) is 0 Å². The zero-order chi connectivity index (χ0) is 32.7. The molecule has 238 valence electrons. The fourth-order valence-electron chi connectivity index (χ4n) is 4.83. The molecule has 0 aliphatic carbocycles. The Kier molecular flexibility index (Phi) is 11.9. The number of unbranched alkanes of at least 4 members (excludes halogenated alkanes) is 1. The van der Waals surface area contributed by atoms with E-state index in [0.29, 0.717) is 42.4 Å². The van der Waals surface area contributed by atoms with Gasteiger partial charge in [0, 0.05) is 6.42 Å². The van der Waals surface area contributed by atoms with Crippen LogP contribution in [0.15, 0.2) is 134 Å². The van der Waals surface area contributed by atoms with Gasteiger partial charge in [-0.05, 0) is 48.1 Å². The molecule has 0 saturated heterocycles. The highest BCUT2D eigenvalue weighted by Crippen LogP contribution is 2.36. The van der Waals surface area contributed by atoms with E-state index in [2.05, 4.69) is 0 Å². The molecule has 0 radical (unpaired) electrons. The summed E-state index contributed by atoms with van der Waals surface area (Å²) in [7, 11) is 0. The van der Waals surface area contributed by atoms with Crippen LogP contribution in [-0.2, 0) is 27.2 Å². The summed E-state index contributed by atoms with van der Waals surface area (Å²) < 4.78 is 18.8. The lowest BCUT2D eigenvalue weighted by molar-refractivity contribution is -0.869. The van der Waals surface area contributed by atoms with Crippen molar-refractivity contribution >= 4 is 17.9 Å². The average molecular weight is 631 g/mol. The number of esters is 2. The number of ether oxygens (including phenoxy) is 3. The van der Waals surface area contributed by atoms with Crippen molar-refractivity contribution in [3.63, 3.8) is 0 Å². The van der Waals surface area contributed by atoms with Gasteiger partial charge in [-0.2, -0.15) is 4.84 Å². The van der Waals surface area contributed by atoms with Crippen molar-refractivity contribution < 1.29 is 38.2 Å². The molecule has 8 nitrogen and oxygen atoms in total. The zero-order valence-corrected chi connectivity index (χ0v) is 26.0. The van der Waals surface area contributed by atoms with Crippen molar-refractivity contribution in [2.24, 2.45) is 0 Å². The first-order valence-electron chi connectivity index (χ1n) is 15.6. The van der Waals surface area contributed by atoms with E-state index in [1.54, 1.807) is 30.3 Å². The van der Waals surface area contributed by atoms with E-state index in [4.69, 9.17) is 19.0 Å². The van der Waals surface area contributed by atoms with Crippen molar-refractivity contribution in [2.45, 2.75) is 32.1 Å². The Labute approximate surface area is 274 Å². The van der Waals surface area contributed by atoms with Crippen LogP contribution in [0.25, 0.3) is 11.1 Å². The first kappa shape index (κ1) is 32.6. The highest BCUT2D eigenvalue weighted by atomic mass is 16.7. The number of pyridine rings is 1. The third-order valence-electron chi connectivity index (χ3n) is 7.19. The second-order valence-electron chi connectivity index (χ2n) is 10.7. The molecular formula is C39H36NO7+. The minimum Gasteiger partial charge on any atom is -0.466 e. The molecule has 47 heavy (non-hydrogen) atoms. The van der Waals surface area contributed by atoms with Gasteiger partial charge >= 0.3 is 23.8 Å². The molecule has 0 unspecified atom stereocenters. The van der Waals surface area contributed by atoms with Crippen molar-refractivity contribution in [2.75, 3.05) is 13.2 Å². The average Bonchev–Trinajstić information content (AvgIpc) is 3.11. The SMILES string of the molecule is O=C(CCc1ccccc1)OCCCCOc1c(-c2ccccc2)c(OC(=O)Cc2ccccc2)cc[n+]1OC(=O)c1ccccc1. The molecule has 1 aromatic heterocycles. The van der Waals surface area contributed by atoms with E-state index < -0.39 is 11.9 Å². The Morgan fingerprint density at radius 1 is 0.617 bits per heavy atom. The summed E-state index contributed by atoms with van der Waals surface area (Å²) in [4.78, 5) is 44.1. The number of carbonyl (C=O) groups is 3. The van der Waals surface area contributed by atoms with Gasteiger partial charge in [0.1, 0.15) is 5.56 Å². The molecule has 1 heterocycles. The lowest BCUT2D eigenvalue weighted by Gasteiger charge is -2.13. The van der Waals surface area contributed by atoms with Crippen LogP contribution in [0.4, 0.5) is 0 Å². The number of benzene rings is 4. The van der Waals surface area contributed by atoms with E-state index >= 15 is 0 Å². The molecule has 0 aliphatic heterocycles. The Hall–Kier alpha value is -5.76. The van der Waals surface area contributed by atoms with Crippen molar-refractivity contribution in [1.29, 1.82) is 0 Å². The van der Waals surface area contributed by atoms with Crippen molar-refractivity contribution in [3.05, 3.63) is 150 Å². The standard InChI is InChI=1S/C39H36NO7/c41-35(24-23-30-15-5-1-6-16-30)44-27-13-14-28-45-38-37(32-19-9-3-10-20-32)34(46-36(42)29-31-17-7-2-8-18-31)25-26-40(38)47-39(43)33-21-11-4-12-22-33/h1-12,15-22,25-26H,13-14,23-24,27-29H2/q+1. The van der Waals surface area contributed by atoms with Gasteiger partial charge in [0.2, 0.25) is 6.20 Å². The summed E-state index contributed by atoms with van der Waals surface area (Å²) >= 11 is 0. The number of hydrogen-bond acceptors (Lipinski definition) is 7. The molecule has 0 saturated carbocycles. The van der Waals surface area contributed by atoms with E-state index in [1.807, 2.05) is 97.1 Å². The molecular weight excluding hydrogens is 594 g/mol. The van der Waals surface area contributed by atoms with Crippen LogP contribution >= 0.6 is 0 Å². The van der Waals surface area contributed by atoms with Gasteiger partial charge < -0.3 is 14.2 Å². The van der Waals surface area contributed by atoms with Gasteiger partial charge in [-0.1, -0.05) is 109 Å². The summed E-state index contributed by atoms with van der Waals surface area (Å²) in [5.41, 5.74) is 3.41. The monoisotopic (exact) mass is 630 g/mol. The highest BCUT2D eigenvalue weighted by molar-refractivity contribution is 5.89. The quantitative estimate of drug-likeness (QED) is 0.0752. The van der Waals surface area contributed by atoms with Gasteiger partial charge in [-0.15, -0.1) is 0 Å². The Bertz CT molecular complexity index is 1740. The third kappa shape index (κ3) is 9.86. The van der Waals surface area contributed by atoms with Crippen molar-refractivity contribution in [1.82, 2.24) is 0 Å². The Morgan fingerprint density at radius 3 is 1.89 bits per heavy atom. The number of aromatic nitrogens is 1. The molecule has 4 aromatic carbocycles. The van der Waals surface area contributed by atoms with Crippen LogP contribution in [0, 0.1) is 0 Å². The van der Waals surface area contributed by atoms with Crippen LogP contribution in [0.5, 0.6) is 11.6 Å². The fourth-order valence-corrected chi connectivity index (χ4v) is 4.83. The summed E-state index contributed by atoms with van der Waals surface area (Å²) in [6, 6.07) is 38.6. The molecule has 0 spiro atoms. The minimum absolute atomic E-state index is 0.0766. The van der Waals surface area contributed by atoms with E-state index in [-0.39, 0.29) is 37.2 Å². The topological polar surface area (TPSA) is 92.0 Å². The van der Waals surface area contributed by atoms with Gasteiger partial charge in [0.15, 0.2) is 5.75 Å². The van der Waals surface area contributed by atoms with Crippen LogP contribution < -0.4 is 19.0 Å². The Balaban J connectivity index is 1.31. The molecule has 0 amide bonds. The first-order valence-corrected chi connectivity index (χ1v) is 15.6. The summed E-state index contributed by atoms with van der Waals surface area (Å²) in [5.74, 6) is -0.850. The van der Waals surface area contributed by atoms with E-state index in [0.717, 1.165) is 11.1 Å². The van der Waals surface area contributed by atoms with Gasteiger partial charge in [0.25, 0.3) is 0 Å². The first-order chi connectivity index (χ1) is 23.1. The maximum absolute atomic E-state index is 13.1. The fraction of sp³-hybridized carbons (Fsp3) is 0.179. The molecule has 5 rings (SSSR count).